The van der Waals surface area contributed by atoms with Crippen molar-refractivity contribution in [1.82, 2.24) is 20.4 Å². The molecule has 0 unspecified atom stereocenters. The number of nitrogens with zero attached hydrogens (tertiary/aromatic N) is 3. The summed E-state index contributed by atoms with van der Waals surface area (Å²) in [6.45, 7) is 4.57. The lowest BCUT2D eigenvalue weighted by Gasteiger charge is -2.02. The van der Waals surface area contributed by atoms with Gasteiger partial charge < -0.3 is 9.84 Å². The fraction of sp³-hybridized carbons (Fsp3) is 0.368. The largest absolute Gasteiger partial charge is 0.350 e. The lowest BCUT2D eigenvalue weighted by molar-refractivity contribution is -0.121. The van der Waals surface area contributed by atoms with Gasteiger partial charge in [-0.15, -0.1) is 11.3 Å². The van der Waals surface area contributed by atoms with Gasteiger partial charge in [0.05, 0.1) is 17.2 Å². The van der Waals surface area contributed by atoms with Gasteiger partial charge in [0, 0.05) is 23.8 Å². The third-order valence-corrected chi connectivity index (χ3v) is 5.06. The molecule has 0 fully saturated rings. The lowest BCUT2D eigenvalue weighted by Crippen LogP contribution is -2.22. The Morgan fingerprint density at radius 2 is 2.12 bits per heavy atom. The second kappa shape index (κ2) is 8.71. The third-order valence-electron chi connectivity index (χ3n) is 4.02. The fourth-order valence-electron chi connectivity index (χ4n) is 2.56. The van der Waals surface area contributed by atoms with Gasteiger partial charge in [0.1, 0.15) is 0 Å². The Hall–Kier alpha value is -2.54. The van der Waals surface area contributed by atoms with E-state index in [1.165, 1.54) is 0 Å². The van der Waals surface area contributed by atoms with Crippen molar-refractivity contribution >= 4 is 17.2 Å². The number of hydrogen-bond acceptors (Lipinski definition) is 6. The highest BCUT2D eigenvalue weighted by atomic mass is 32.1. The van der Waals surface area contributed by atoms with E-state index in [2.05, 4.69) is 27.4 Å². The molecule has 26 heavy (non-hydrogen) atoms. The van der Waals surface area contributed by atoms with Crippen molar-refractivity contribution in [3.8, 4) is 11.4 Å². The molecule has 3 rings (SSSR count). The first kappa shape index (κ1) is 18.3. The maximum absolute atomic E-state index is 12.0. The molecule has 136 valence electrons. The van der Waals surface area contributed by atoms with Crippen molar-refractivity contribution in [3.05, 3.63) is 51.8 Å². The van der Waals surface area contributed by atoms with E-state index >= 15 is 0 Å². The molecule has 7 heteroatoms. The zero-order valence-corrected chi connectivity index (χ0v) is 15.8. The average molecular weight is 370 g/mol. The number of carbonyl (C=O) groups excluding carboxylic acids is 1. The number of thiazole rings is 1. The maximum Gasteiger partial charge on any atom is 0.226 e. The molecular formula is C19H22N4O2S. The smallest absolute Gasteiger partial charge is 0.226 e. The Balaban J connectivity index is 1.43. The van der Waals surface area contributed by atoms with Gasteiger partial charge in [-0.2, -0.15) is 4.98 Å². The maximum atomic E-state index is 12.0. The number of aromatic nitrogens is 3. The van der Waals surface area contributed by atoms with E-state index in [9.17, 15) is 4.79 Å². The van der Waals surface area contributed by atoms with E-state index in [0.717, 1.165) is 28.2 Å². The summed E-state index contributed by atoms with van der Waals surface area (Å²) in [6, 6.07) is 7.92. The first-order chi connectivity index (χ1) is 12.7. The van der Waals surface area contributed by atoms with Crippen LogP contribution < -0.4 is 5.32 Å². The molecule has 0 atom stereocenters. The van der Waals surface area contributed by atoms with Crippen LogP contribution in [-0.2, 0) is 24.2 Å². The quantitative estimate of drug-likeness (QED) is 0.654. The highest BCUT2D eigenvalue weighted by molar-refractivity contribution is 7.09. The van der Waals surface area contributed by atoms with Crippen molar-refractivity contribution in [2.24, 2.45) is 0 Å². The Morgan fingerprint density at radius 1 is 1.27 bits per heavy atom. The van der Waals surface area contributed by atoms with Crippen LogP contribution in [0.1, 0.15) is 41.9 Å². The molecule has 6 nitrogen and oxygen atoms in total. The highest BCUT2D eigenvalue weighted by Gasteiger charge is 2.11. The minimum atomic E-state index is 0.00897. The van der Waals surface area contributed by atoms with Crippen LogP contribution in [0.3, 0.4) is 0 Å². The van der Waals surface area contributed by atoms with E-state index in [1.807, 2.05) is 36.6 Å². The van der Waals surface area contributed by atoms with Gasteiger partial charge in [-0.25, -0.2) is 4.98 Å². The molecule has 1 N–H and O–H groups in total. The molecule has 3 aromatic rings. The molecule has 0 spiro atoms. The molecule has 0 aliphatic carbocycles. The van der Waals surface area contributed by atoms with E-state index < -0.39 is 0 Å². The lowest BCUT2D eigenvalue weighted by atomic mass is 10.1. The second-order valence-corrected chi connectivity index (χ2v) is 6.99. The first-order valence-electron chi connectivity index (χ1n) is 8.74. The minimum Gasteiger partial charge on any atom is -0.350 e. The monoisotopic (exact) mass is 370 g/mol. The zero-order chi connectivity index (χ0) is 18.4. The fourth-order valence-corrected chi connectivity index (χ4v) is 3.30. The molecule has 1 aromatic carbocycles. The minimum absolute atomic E-state index is 0.00897. The molecule has 0 aliphatic heterocycles. The van der Waals surface area contributed by atoms with E-state index in [4.69, 9.17) is 4.52 Å². The van der Waals surface area contributed by atoms with Gasteiger partial charge in [-0.1, -0.05) is 36.3 Å². The van der Waals surface area contributed by atoms with Gasteiger partial charge in [0.2, 0.25) is 17.6 Å². The molecule has 0 saturated carbocycles. The highest BCUT2D eigenvalue weighted by Crippen LogP contribution is 2.20. The van der Waals surface area contributed by atoms with Crippen LogP contribution in [0.4, 0.5) is 0 Å². The van der Waals surface area contributed by atoms with Crippen molar-refractivity contribution in [1.29, 1.82) is 0 Å². The SMILES string of the molecule is CCc1nc(CNC(=O)CCCc2nc(-c3ccccc3C)no2)cs1. The summed E-state index contributed by atoms with van der Waals surface area (Å²) in [5, 5.41) is 10.0. The standard InChI is InChI=1S/C19H22N4O2S/c1-3-18-21-14(12-26-18)11-20-16(24)9-6-10-17-22-19(23-25-17)15-8-5-4-7-13(15)2/h4-5,7-8,12H,3,6,9-11H2,1-2H3,(H,20,24). The topological polar surface area (TPSA) is 80.9 Å². The van der Waals surface area contributed by atoms with Crippen LogP contribution in [0.2, 0.25) is 0 Å². The Labute approximate surface area is 156 Å². The summed E-state index contributed by atoms with van der Waals surface area (Å²) in [6.07, 6.45) is 2.60. The van der Waals surface area contributed by atoms with Crippen LogP contribution in [0.15, 0.2) is 34.2 Å². The summed E-state index contributed by atoms with van der Waals surface area (Å²) in [7, 11) is 0. The number of amides is 1. The summed E-state index contributed by atoms with van der Waals surface area (Å²) < 4.78 is 5.30. The van der Waals surface area contributed by atoms with Gasteiger partial charge in [-0.3, -0.25) is 4.79 Å². The van der Waals surface area contributed by atoms with E-state index in [0.29, 0.717) is 37.5 Å². The molecule has 2 heterocycles. The Kier molecular flexibility index (Phi) is 6.12. The summed E-state index contributed by atoms with van der Waals surface area (Å²) in [5.74, 6) is 1.16. The molecular weight excluding hydrogens is 348 g/mol. The van der Waals surface area contributed by atoms with E-state index in [1.54, 1.807) is 11.3 Å². The zero-order valence-electron chi connectivity index (χ0n) is 15.0. The van der Waals surface area contributed by atoms with Gasteiger partial charge in [-0.05, 0) is 25.3 Å². The molecule has 0 bridgehead atoms. The molecule has 2 aromatic heterocycles. The van der Waals surface area contributed by atoms with Crippen LogP contribution in [-0.4, -0.2) is 21.0 Å². The van der Waals surface area contributed by atoms with Crippen molar-refractivity contribution in [3.63, 3.8) is 0 Å². The van der Waals surface area contributed by atoms with E-state index in [-0.39, 0.29) is 5.91 Å². The predicted octanol–water partition coefficient (Wildman–Crippen LogP) is 3.70. The summed E-state index contributed by atoms with van der Waals surface area (Å²) in [4.78, 5) is 20.8. The van der Waals surface area contributed by atoms with Crippen molar-refractivity contribution in [2.45, 2.75) is 46.1 Å². The number of nitrogens with one attached hydrogen (secondary N) is 1. The number of aryl methyl sites for hydroxylation is 3. The summed E-state index contributed by atoms with van der Waals surface area (Å²) >= 11 is 1.63. The molecule has 1 amide bonds. The molecule has 0 saturated heterocycles. The average Bonchev–Trinajstić information content (AvgIpc) is 3.29. The number of carbonyl (C=O) groups is 1. The van der Waals surface area contributed by atoms with Crippen molar-refractivity contribution < 1.29 is 9.32 Å². The molecule has 0 aliphatic rings. The second-order valence-electron chi connectivity index (χ2n) is 6.04. The van der Waals surface area contributed by atoms with Gasteiger partial charge in [0.15, 0.2) is 0 Å². The van der Waals surface area contributed by atoms with Crippen LogP contribution in [0.5, 0.6) is 0 Å². The van der Waals surface area contributed by atoms with Crippen LogP contribution >= 0.6 is 11.3 Å². The van der Waals surface area contributed by atoms with Crippen LogP contribution in [0, 0.1) is 6.92 Å². The van der Waals surface area contributed by atoms with Crippen LogP contribution in [0.25, 0.3) is 11.4 Å². The van der Waals surface area contributed by atoms with Crippen molar-refractivity contribution in [2.75, 3.05) is 0 Å². The Bertz CT molecular complexity index is 872. The normalized spacial score (nSPS) is 10.8. The Morgan fingerprint density at radius 3 is 2.88 bits per heavy atom. The van der Waals surface area contributed by atoms with Gasteiger partial charge >= 0.3 is 0 Å². The van der Waals surface area contributed by atoms with Gasteiger partial charge in [0.25, 0.3) is 0 Å². The third kappa shape index (κ3) is 4.76. The summed E-state index contributed by atoms with van der Waals surface area (Å²) in [5.41, 5.74) is 2.99. The number of benzene rings is 1. The number of hydrogen-bond donors (Lipinski definition) is 1. The predicted molar refractivity (Wildman–Crippen MR) is 101 cm³/mol. The molecule has 0 radical (unpaired) electrons. The first-order valence-corrected chi connectivity index (χ1v) is 9.62. The number of rotatable bonds is 8.